The molecule has 1 aliphatic rings. The predicted molar refractivity (Wildman–Crippen MR) is 80.8 cm³/mol. The second-order valence-corrected chi connectivity index (χ2v) is 6.17. The van der Waals surface area contributed by atoms with Gasteiger partial charge in [0.05, 0.1) is 11.0 Å². The smallest absolute Gasteiger partial charge is 0.128 e. The van der Waals surface area contributed by atoms with Crippen molar-refractivity contribution < 1.29 is 4.39 Å². The summed E-state index contributed by atoms with van der Waals surface area (Å²) >= 11 is 5.87. The molecule has 0 atom stereocenters. The molecule has 1 aromatic heterocycles. The van der Waals surface area contributed by atoms with Gasteiger partial charge in [0, 0.05) is 24.9 Å². The minimum absolute atomic E-state index is 0.182. The van der Waals surface area contributed by atoms with Gasteiger partial charge in [-0.05, 0) is 30.9 Å². The van der Waals surface area contributed by atoms with Crippen molar-refractivity contribution in [2.75, 3.05) is 5.88 Å². The lowest BCUT2D eigenvalue weighted by molar-refractivity contribution is 0.282. The van der Waals surface area contributed by atoms with Gasteiger partial charge in [-0.3, -0.25) is 0 Å². The van der Waals surface area contributed by atoms with Crippen molar-refractivity contribution in [2.24, 2.45) is 5.92 Å². The third-order valence-electron chi connectivity index (χ3n) is 4.41. The Labute approximate surface area is 123 Å². The molecule has 3 rings (SSSR count). The predicted octanol–water partition coefficient (Wildman–Crippen LogP) is 4.46. The zero-order chi connectivity index (χ0) is 14.1. The first-order valence-corrected chi connectivity index (χ1v) is 7.93. The van der Waals surface area contributed by atoms with Crippen LogP contribution >= 0.6 is 11.6 Å². The minimum atomic E-state index is -0.182. The van der Waals surface area contributed by atoms with Gasteiger partial charge in [0.1, 0.15) is 11.6 Å². The summed E-state index contributed by atoms with van der Waals surface area (Å²) in [6, 6.07) is 3.46. The van der Waals surface area contributed by atoms with E-state index in [1.165, 1.54) is 25.7 Å². The second-order valence-electron chi connectivity index (χ2n) is 5.79. The Morgan fingerprint density at radius 3 is 2.85 bits per heavy atom. The van der Waals surface area contributed by atoms with Crippen molar-refractivity contribution in [1.82, 2.24) is 9.55 Å². The SMILES string of the molecule is Cc1cc2c(cc1F)nc(CCCl)n2CCC1CCC1. The van der Waals surface area contributed by atoms with Crippen LogP contribution in [0.4, 0.5) is 4.39 Å². The fourth-order valence-corrected chi connectivity index (χ4v) is 3.09. The fraction of sp³-hybridized carbons (Fsp3) is 0.562. The van der Waals surface area contributed by atoms with Gasteiger partial charge in [-0.2, -0.15) is 0 Å². The van der Waals surface area contributed by atoms with Gasteiger partial charge in [0.15, 0.2) is 0 Å². The summed E-state index contributed by atoms with van der Waals surface area (Å²) in [5, 5.41) is 0. The highest BCUT2D eigenvalue weighted by Crippen LogP contribution is 2.31. The minimum Gasteiger partial charge on any atom is -0.328 e. The molecule has 0 radical (unpaired) electrons. The highest BCUT2D eigenvalue weighted by molar-refractivity contribution is 6.17. The molecular weight excluding hydrogens is 275 g/mol. The van der Waals surface area contributed by atoms with Crippen LogP contribution in [-0.4, -0.2) is 15.4 Å². The normalized spacial score (nSPS) is 15.8. The number of aryl methyl sites for hydroxylation is 3. The first-order valence-electron chi connectivity index (χ1n) is 7.40. The van der Waals surface area contributed by atoms with Gasteiger partial charge in [0.25, 0.3) is 0 Å². The monoisotopic (exact) mass is 294 g/mol. The molecule has 20 heavy (non-hydrogen) atoms. The Hall–Kier alpha value is -1.09. The lowest BCUT2D eigenvalue weighted by atomic mass is 9.83. The molecule has 1 aromatic carbocycles. The summed E-state index contributed by atoms with van der Waals surface area (Å²) in [6.07, 6.45) is 6.00. The first-order chi connectivity index (χ1) is 9.69. The fourth-order valence-electron chi connectivity index (χ4n) is 2.92. The molecule has 1 aliphatic carbocycles. The maximum atomic E-state index is 13.7. The molecule has 0 spiro atoms. The number of benzene rings is 1. The lowest BCUT2D eigenvalue weighted by Crippen LogP contribution is -2.15. The third kappa shape index (κ3) is 2.56. The van der Waals surface area contributed by atoms with Gasteiger partial charge in [-0.25, -0.2) is 9.37 Å². The highest BCUT2D eigenvalue weighted by atomic mass is 35.5. The summed E-state index contributed by atoms with van der Waals surface area (Å²) in [7, 11) is 0. The number of nitrogens with zero attached hydrogens (tertiary/aromatic N) is 2. The van der Waals surface area contributed by atoms with Crippen LogP contribution in [0.1, 0.15) is 37.1 Å². The van der Waals surface area contributed by atoms with Crippen LogP contribution in [0.15, 0.2) is 12.1 Å². The van der Waals surface area contributed by atoms with Crippen molar-refractivity contribution in [3.63, 3.8) is 0 Å². The molecule has 0 aliphatic heterocycles. The van der Waals surface area contributed by atoms with E-state index in [1.54, 1.807) is 13.0 Å². The van der Waals surface area contributed by atoms with Crippen LogP contribution in [0.25, 0.3) is 11.0 Å². The average Bonchev–Trinajstić information content (AvgIpc) is 2.67. The average molecular weight is 295 g/mol. The molecular formula is C16H20ClFN2. The zero-order valence-electron chi connectivity index (χ0n) is 11.8. The number of hydrogen-bond acceptors (Lipinski definition) is 1. The van der Waals surface area contributed by atoms with Gasteiger partial charge < -0.3 is 4.57 Å². The van der Waals surface area contributed by atoms with E-state index in [1.807, 2.05) is 6.07 Å². The van der Waals surface area contributed by atoms with Gasteiger partial charge in [-0.1, -0.05) is 19.3 Å². The van der Waals surface area contributed by atoms with Crippen LogP contribution in [0.3, 0.4) is 0 Å². The number of hydrogen-bond donors (Lipinski definition) is 0. The summed E-state index contributed by atoms with van der Waals surface area (Å²) in [4.78, 5) is 4.56. The van der Waals surface area contributed by atoms with E-state index in [9.17, 15) is 4.39 Å². The Bertz CT molecular complexity index is 616. The molecule has 1 heterocycles. The molecule has 0 N–H and O–H groups in total. The maximum Gasteiger partial charge on any atom is 0.128 e. The Balaban J connectivity index is 1.95. The van der Waals surface area contributed by atoms with Crippen LogP contribution in [0.2, 0.25) is 0 Å². The van der Waals surface area contributed by atoms with E-state index in [2.05, 4.69) is 9.55 Å². The number of aromatic nitrogens is 2. The molecule has 0 bridgehead atoms. The second kappa shape index (κ2) is 5.72. The first kappa shape index (κ1) is 13.9. The molecule has 1 saturated carbocycles. The molecule has 0 saturated heterocycles. The highest BCUT2D eigenvalue weighted by Gasteiger charge is 2.19. The van der Waals surface area contributed by atoms with Crippen molar-refractivity contribution >= 4 is 22.6 Å². The maximum absolute atomic E-state index is 13.7. The zero-order valence-corrected chi connectivity index (χ0v) is 12.6. The van der Waals surface area contributed by atoms with Crippen molar-refractivity contribution in [1.29, 1.82) is 0 Å². The summed E-state index contributed by atoms with van der Waals surface area (Å²) in [5.74, 6) is 2.21. The summed E-state index contributed by atoms with van der Waals surface area (Å²) in [6.45, 7) is 2.78. The van der Waals surface area contributed by atoms with E-state index in [-0.39, 0.29) is 5.82 Å². The molecule has 0 unspecified atom stereocenters. The van der Waals surface area contributed by atoms with E-state index >= 15 is 0 Å². The van der Waals surface area contributed by atoms with Crippen LogP contribution in [0, 0.1) is 18.7 Å². The number of halogens is 2. The number of rotatable bonds is 5. The van der Waals surface area contributed by atoms with Crippen molar-refractivity contribution in [3.8, 4) is 0 Å². The van der Waals surface area contributed by atoms with Crippen molar-refractivity contribution in [3.05, 3.63) is 29.3 Å². The Kier molecular flexibility index (Phi) is 3.97. The van der Waals surface area contributed by atoms with Crippen LogP contribution in [0.5, 0.6) is 0 Å². The van der Waals surface area contributed by atoms with Gasteiger partial charge in [0.2, 0.25) is 0 Å². The largest absolute Gasteiger partial charge is 0.328 e. The third-order valence-corrected chi connectivity index (χ3v) is 4.60. The van der Waals surface area contributed by atoms with E-state index in [0.717, 1.165) is 35.7 Å². The van der Waals surface area contributed by atoms with E-state index < -0.39 is 0 Å². The summed E-state index contributed by atoms with van der Waals surface area (Å²) < 4.78 is 15.9. The Morgan fingerprint density at radius 2 is 2.20 bits per heavy atom. The molecule has 2 aromatic rings. The number of alkyl halides is 1. The lowest BCUT2D eigenvalue weighted by Gasteiger charge is -2.25. The summed E-state index contributed by atoms with van der Waals surface area (Å²) in [5.41, 5.74) is 2.48. The van der Waals surface area contributed by atoms with Gasteiger partial charge in [-0.15, -0.1) is 11.6 Å². The molecule has 0 amide bonds. The molecule has 4 heteroatoms. The standard InChI is InChI=1S/C16H20ClFN2/c1-11-9-15-14(10-13(11)18)19-16(5-7-17)20(15)8-6-12-3-2-4-12/h9-10,12H,2-8H2,1H3. The van der Waals surface area contributed by atoms with Gasteiger partial charge >= 0.3 is 0 Å². The topological polar surface area (TPSA) is 17.8 Å². The quantitative estimate of drug-likeness (QED) is 0.745. The van der Waals surface area contributed by atoms with E-state index in [4.69, 9.17) is 11.6 Å². The number of fused-ring (bicyclic) bond motifs is 1. The number of imidazole rings is 1. The molecule has 2 nitrogen and oxygen atoms in total. The molecule has 1 fully saturated rings. The van der Waals surface area contributed by atoms with E-state index in [0.29, 0.717) is 11.4 Å². The van der Waals surface area contributed by atoms with Crippen LogP contribution in [-0.2, 0) is 13.0 Å². The van der Waals surface area contributed by atoms with Crippen molar-refractivity contribution in [2.45, 2.75) is 45.6 Å². The Morgan fingerprint density at radius 1 is 1.40 bits per heavy atom. The van der Waals surface area contributed by atoms with Crippen LogP contribution < -0.4 is 0 Å². The molecule has 108 valence electrons.